The van der Waals surface area contributed by atoms with Gasteiger partial charge in [-0.15, -0.1) is 0 Å². The molecule has 1 amide bonds. The molecule has 0 saturated carbocycles. The summed E-state index contributed by atoms with van der Waals surface area (Å²) in [7, 11) is 2.24. The van der Waals surface area contributed by atoms with Gasteiger partial charge in [0, 0.05) is 6.42 Å². The van der Waals surface area contributed by atoms with E-state index in [1.807, 2.05) is 13.8 Å². The van der Waals surface area contributed by atoms with Crippen molar-refractivity contribution in [3.05, 3.63) is 29.8 Å². The smallest absolute Gasteiger partial charge is 0.396 e. The molecule has 7 nitrogen and oxygen atoms in total. The number of hydrogen-bond acceptors (Lipinski definition) is 6. The van der Waals surface area contributed by atoms with Gasteiger partial charge in [-0.05, 0) is 17.7 Å². The minimum absolute atomic E-state index is 0.0852. The second kappa shape index (κ2) is 10.2. The fourth-order valence-corrected chi connectivity index (χ4v) is 1.51. The van der Waals surface area contributed by atoms with Crippen LogP contribution >= 0.6 is 0 Å². The third-order valence-electron chi connectivity index (χ3n) is 2.54. The number of amides is 1. The normalized spacial score (nSPS) is 10.5. The van der Waals surface area contributed by atoms with Crippen molar-refractivity contribution in [3.63, 3.8) is 0 Å². The van der Waals surface area contributed by atoms with Crippen molar-refractivity contribution in [2.45, 2.75) is 26.3 Å². The minimum atomic E-state index is -1.09. The van der Waals surface area contributed by atoms with Crippen molar-refractivity contribution in [2.75, 3.05) is 14.2 Å². The molecule has 1 unspecified atom stereocenters. The average molecular weight is 311 g/mol. The van der Waals surface area contributed by atoms with Gasteiger partial charge in [0.05, 0.1) is 14.2 Å². The van der Waals surface area contributed by atoms with Crippen molar-refractivity contribution in [1.82, 2.24) is 5.32 Å². The Labute approximate surface area is 129 Å². The molecule has 0 aliphatic carbocycles. The maximum atomic E-state index is 11.6. The van der Waals surface area contributed by atoms with E-state index in [0.29, 0.717) is 5.56 Å². The van der Waals surface area contributed by atoms with E-state index in [4.69, 9.17) is 0 Å². The summed E-state index contributed by atoms with van der Waals surface area (Å²) in [4.78, 5) is 34.0. The first-order chi connectivity index (χ1) is 10.5. The minimum Gasteiger partial charge on any atom is -0.508 e. The van der Waals surface area contributed by atoms with Crippen LogP contribution in [0.2, 0.25) is 0 Å². The quantitative estimate of drug-likeness (QED) is 0.629. The number of benzene rings is 1. The lowest BCUT2D eigenvalue weighted by Crippen LogP contribution is -2.46. The molecule has 0 fully saturated rings. The molecule has 1 rings (SSSR count). The lowest BCUT2D eigenvalue weighted by Gasteiger charge is -2.15. The largest absolute Gasteiger partial charge is 0.508 e. The first-order valence-electron chi connectivity index (χ1n) is 6.72. The summed E-state index contributed by atoms with van der Waals surface area (Å²) >= 11 is 0. The third kappa shape index (κ3) is 6.25. The molecular weight excluding hydrogens is 290 g/mol. The first-order valence-corrected chi connectivity index (χ1v) is 6.72. The third-order valence-corrected chi connectivity index (χ3v) is 2.54. The Morgan fingerprint density at radius 2 is 1.64 bits per heavy atom. The first kappa shape index (κ1) is 19.4. The van der Waals surface area contributed by atoms with Crippen LogP contribution in [-0.2, 0) is 30.3 Å². The molecule has 0 radical (unpaired) electrons. The number of phenolic OH excluding ortho intramolecular Hbond substituents is 1. The molecule has 22 heavy (non-hydrogen) atoms. The summed E-state index contributed by atoms with van der Waals surface area (Å²) in [6.07, 6.45) is 0.121. The molecule has 0 saturated heterocycles. The lowest BCUT2D eigenvalue weighted by atomic mass is 10.1. The van der Waals surface area contributed by atoms with Gasteiger partial charge in [0.25, 0.3) is 0 Å². The fraction of sp³-hybridized carbons (Fsp3) is 0.400. The summed E-state index contributed by atoms with van der Waals surface area (Å²) in [5, 5.41) is 11.4. The molecule has 1 aromatic rings. The molecule has 0 spiro atoms. The predicted octanol–water partition coefficient (Wildman–Crippen LogP) is 0.792. The van der Waals surface area contributed by atoms with Crippen LogP contribution in [0.15, 0.2) is 24.3 Å². The second-order valence-electron chi connectivity index (χ2n) is 3.91. The molecule has 0 aromatic heterocycles. The summed E-state index contributed by atoms with van der Waals surface area (Å²) in [5.41, 5.74) is 0.684. The maximum Gasteiger partial charge on any atom is 0.396 e. The molecule has 7 heteroatoms. The van der Waals surface area contributed by atoms with E-state index in [2.05, 4.69) is 14.8 Å². The Balaban J connectivity index is 0.00000211. The van der Waals surface area contributed by atoms with Gasteiger partial charge in [0.2, 0.25) is 0 Å². The average Bonchev–Trinajstić information content (AvgIpc) is 2.56. The molecule has 2 N–H and O–H groups in total. The molecule has 122 valence electrons. The molecule has 0 heterocycles. The van der Waals surface area contributed by atoms with E-state index in [1.54, 1.807) is 12.1 Å². The number of rotatable bonds is 4. The van der Waals surface area contributed by atoms with E-state index in [0.717, 1.165) is 7.11 Å². The highest BCUT2D eigenvalue weighted by atomic mass is 16.5. The molecule has 0 aliphatic heterocycles. The van der Waals surface area contributed by atoms with Gasteiger partial charge in [0.15, 0.2) is 0 Å². The maximum absolute atomic E-state index is 11.6. The highest BCUT2D eigenvalue weighted by Gasteiger charge is 2.25. The van der Waals surface area contributed by atoms with Gasteiger partial charge in [-0.3, -0.25) is 4.79 Å². The Morgan fingerprint density at radius 1 is 1.09 bits per heavy atom. The standard InChI is InChI=1S/C13H15NO6.C2H6/c1-19-12(17)10(14-11(16)13(18)20-2)7-8-3-5-9(15)6-4-8;1-2/h3-6,10,15H,7H2,1-2H3,(H,14,16);1-2H3. The van der Waals surface area contributed by atoms with Crippen molar-refractivity contribution in [2.24, 2.45) is 0 Å². The number of hydrogen-bond donors (Lipinski definition) is 2. The van der Waals surface area contributed by atoms with Crippen LogP contribution in [0.4, 0.5) is 0 Å². The van der Waals surface area contributed by atoms with Crippen molar-refractivity contribution < 1.29 is 29.0 Å². The second-order valence-corrected chi connectivity index (χ2v) is 3.91. The van der Waals surface area contributed by atoms with E-state index in [1.165, 1.54) is 19.2 Å². The van der Waals surface area contributed by atoms with E-state index < -0.39 is 23.9 Å². The lowest BCUT2D eigenvalue weighted by molar-refractivity contribution is -0.154. The van der Waals surface area contributed by atoms with E-state index in [-0.39, 0.29) is 12.2 Å². The summed E-state index contributed by atoms with van der Waals surface area (Å²) < 4.78 is 8.82. The number of methoxy groups -OCH3 is 2. The van der Waals surface area contributed by atoms with E-state index >= 15 is 0 Å². The molecule has 1 atom stereocenters. The zero-order valence-corrected chi connectivity index (χ0v) is 13.1. The number of ether oxygens (including phenoxy) is 2. The fourth-order valence-electron chi connectivity index (χ4n) is 1.51. The van der Waals surface area contributed by atoms with Crippen LogP contribution in [0.25, 0.3) is 0 Å². The van der Waals surface area contributed by atoms with Crippen LogP contribution < -0.4 is 5.32 Å². The molecule has 0 aliphatic rings. The predicted molar refractivity (Wildman–Crippen MR) is 79.1 cm³/mol. The van der Waals surface area contributed by atoms with Crippen molar-refractivity contribution in [3.8, 4) is 5.75 Å². The zero-order chi connectivity index (χ0) is 17.1. The number of esters is 2. The van der Waals surface area contributed by atoms with Gasteiger partial charge < -0.3 is 19.9 Å². The number of phenols is 1. The Morgan fingerprint density at radius 3 is 2.09 bits per heavy atom. The summed E-state index contributed by atoms with van der Waals surface area (Å²) in [5.74, 6) is -2.72. The highest BCUT2D eigenvalue weighted by Crippen LogP contribution is 2.11. The Hall–Kier alpha value is -2.57. The van der Waals surface area contributed by atoms with Crippen LogP contribution in [0.3, 0.4) is 0 Å². The van der Waals surface area contributed by atoms with Crippen LogP contribution in [0, 0.1) is 0 Å². The number of carbonyl (C=O) groups is 3. The molecule has 1 aromatic carbocycles. The molecular formula is C15H21NO6. The SMILES string of the molecule is CC.COC(=O)C(=O)NC(Cc1ccc(O)cc1)C(=O)OC. The van der Waals surface area contributed by atoms with Gasteiger partial charge in [-0.1, -0.05) is 26.0 Å². The van der Waals surface area contributed by atoms with Gasteiger partial charge in [-0.2, -0.15) is 0 Å². The van der Waals surface area contributed by atoms with E-state index in [9.17, 15) is 19.5 Å². The Bertz CT molecular complexity index is 497. The number of carbonyl (C=O) groups excluding carboxylic acids is 3. The van der Waals surface area contributed by atoms with Gasteiger partial charge in [0.1, 0.15) is 11.8 Å². The Kier molecular flexibility index (Phi) is 9.01. The number of aromatic hydroxyl groups is 1. The van der Waals surface area contributed by atoms with Gasteiger partial charge >= 0.3 is 17.8 Å². The topological polar surface area (TPSA) is 102 Å². The highest BCUT2D eigenvalue weighted by molar-refractivity contribution is 6.32. The zero-order valence-electron chi connectivity index (χ0n) is 13.1. The van der Waals surface area contributed by atoms with Crippen molar-refractivity contribution in [1.29, 1.82) is 0 Å². The summed E-state index contributed by atoms with van der Waals surface area (Å²) in [6, 6.07) is 5.07. The van der Waals surface area contributed by atoms with Crippen LogP contribution in [0.1, 0.15) is 19.4 Å². The van der Waals surface area contributed by atoms with Crippen molar-refractivity contribution >= 4 is 17.8 Å². The molecule has 0 bridgehead atoms. The summed E-state index contributed by atoms with van der Waals surface area (Å²) in [6.45, 7) is 4.00. The van der Waals surface area contributed by atoms with Crippen LogP contribution in [-0.4, -0.2) is 43.2 Å². The van der Waals surface area contributed by atoms with Gasteiger partial charge in [-0.25, -0.2) is 9.59 Å². The monoisotopic (exact) mass is 311 g/mol. The number of nitrogens with one attached hydrogen (secondary N) is 1. The van der Waals surface area contributed by atoms with Crippen LogP contribution in [0.5, 0.6) is 5.75 Å².